The molecule has 4 heteroatoms. The Balaban J connectivity index is 2.09. The molecule has 1 aliphatic rings. The van der Waals surface area contributed by atoms with Crippen LogP contribution < -0.4 is 5.73 Å². The standard InChI is InChI=1S/C15H22N2O2/c1-19-10-4-7-15(18)17-9-8-12-5-2-3-6-13(12)14(17)11-16/h2-3,5-6,14H,4,7-11,16H2,1H3. The molecular formula is C15H22N2O2. The lowest BCUT2D eigenvalue weighted by Crippen LogP contribution is -2.43. The molecule has 0 spiro atoms. The summed E-state index contributed by atoms with van der Waals surface area (Å²) in [6, 6.07) is 8.30. The molecule has 1 aromatic carbocycles. The van der Waals surface area contributed by atoms with Gasteiger partial charge in [-0.1, -0.05) is 24.3 Å². The Morgan fingerprint density at radius 3 is 3.00 bits per heavy atom. The van der Waals surface area contributed by atoms with E-state index < -0.39 is 0 Å². The molecule has 0 saturated heterocycles. The van der Waals surface area contributed by atoms with Gasteiger partial charge in [-0.2, -0.15) is 0 Å². The van der Waals surface area contributed by atoms with Crippen LogP contribution in [0.4, 0.5) is 0 Å². The van der Waals surface area contributed by atoms with E-state index in [1.54, 1.807) is 7.11 Å². The van der Waals surface area contributed by atoms with Crippen LogP contribution in [-0.4, -0.2) is 37.6 Å². The van der Waals surface area contributed by atoms with Crippen LogP contribution in [-0.2, 0) is 16.0 Å². The highest BCUT2D eigenvalue weighted by Crippen LogP contribution is 2.29. The molecule has 1 heterocycles. The van der Waals surface area contributed by atoms with Crippen LogP contribution >= 0.6 is 0 Å². The van der Waals surface area contributed by atoms with E-state index in [0.717, 1.165) is 19.4 Å². The summed E-state index contributed by atoms with van der Waals surface area (Å²) in [4.78, 5) is 14.2. The first-order valence-electron chi connectivity index (χ1n) is 6.84. The van der Waals surface area contributed by atoms with Crippen molar-refractivity contribution >= 4 is 5.91 Å². The Bertz CT molecular complexity index is 434. The molecule has 0 radical (unpaired) electrons. The minimum atomic E-state index is 0.0278. The zero-order valence-electron chi connectivity index (χ0n) is 11.5. The van der Waals surface area contributed by atoms with Gasteiger partial charge in [0.15, 0.2) is 0 Å². The highest BCUT2D eigenvalue weighted by atomic mass is 16.5. The molecule has 19 heavy (non-hydrogen) atoms. The first kappa shape index (κ1) is 14.0. The van der Waals surface area contributed by atoms with Gasteiger partial charge in [0, 0.05) is 33.2 Å². The second kappa shape index (κ2) is 6.68. The SMILES string of the molecule is COCCCC(=O)N1CCc2ccccc2C1CN. The molecule has 0 aliphatic carbocycles. The summed E-state index contributed by atoms with van der Waals surface area (Å²) in [7, 11) is 1.66. The monoisotopic (exact) mass is 262 g/mol. The predicted molar refractivity (Wildman–Crippen MR) is 74.8 cm³/mol. The molecule has 0 aromatic heterocycles. The number of rotatable bonds is 5. The molecule has 2 rings (SSSR count). The topological polar surface area (TPSA) is 55.6 Å². The zero-order valence-corrected chi connectivity index (χ0v) is 11.5. The third kappa shape index (κ3) is 3.14. The maximum Gasteiger partial charge on any atom is 0.223 e. The van der Waals surface area contributed by atoms with Gasteiger partial charge in [0.1, 0.15) is 0 Å². The van der Waals surface area contributed by atoms with Crippen LogP contribution in [0.25, 0.3) is 0 Å². The lowest BCUT2D eigenvalue weighted by Gasteiger charge is -2.37. The summed E-state index contributed by atoms with van der Waals surface area (Å²) in [6.45, 7) is 1.88. The Morgan fingerprint density at radius 1 is 1.47 bits per heavy atom. The average Bonchev–Trinajstić information content (AvgIpc) is 2.46. The number of carbonyl (C=O) groups excluding carboxylic acids is 1. The molecule has 0 saturated carbocycles. The number of hydrogen-bond donors (Lipinski definition) is 1. The van der Waals surface area contributed by atoms with Gasteiger partial charge < -0.3 is 15.4 Å². The maximum atomic E-state index is 12.3. The van der Waals surface area contributed by atoms with Crippen LogP contribution in [0.2, 0.25) is 0 Å². The minimum absolute atomic E-state index is 0.0278. The molecule has 1 aliphatic heterocycles. The van der Waals surface area contributed by atoms with Crippen molar-refractivity contribution < 1.29 is 9.53 Å². The van der Waals surface area contributed by atoms with Crippen molar-refractivity contribution in [3.63, 3.8) is 0 Å². The van der Waals surface area contributed by atoms with E-state index in [1.807, 2.05) is 17.0 Å². The van der Waals surface area contributed by atoms with Crippen LogP contribution in [0.5, 0.6) is 0 Å². The Hall–Kier alpha value is -1.39. The largest absolute Gasteiger partial charge is 0.385 e. The van der Waals surface area contributed by atoms with E-state index in [-0.39, 0.29) is 11.9 Å². The number of fused-ring (bicyclic) bond motifs is 1. The summed E-state index contributed by atoms with van der Waals surface area (Å²) in [5.41, 5.74) is 8.41. The first-order valence-corrected chi connectivity index (χ1v) is 6.84. The number of benzene rings is 1. The fourth-order valence-electron chi connectivity index (χ4n) is 2.72. The normalized spacial score (nSPS) is 18.2. The summed E-state index contributed by atoms with van der Waals surface area (Å²) in [5, 5.41) is 0. The van der Waals surface area contributed by atoms with Gasteiger partial charge in [0.2, 0.25) is 5.91 Å². The molecule has 1 amide bonds. The zero-order chi connectivity index (χ0) is 13.7. The molecule has 1 atom stereocenters. The van der Waals surface area contributed by atoms with E-state index in [2.05, 4.69) is 12.1 Å². The Morgan fingerprint density at radius 2 is 2.26 bits per heavy atom. The lowest BCUT2D eigenvalue weighted by molar-refractivity contribution is -0.134. The molecule has 1 aromatic rings. The number of ether oxygens (including phenoxy) is 1. The van der Waals surface area contributed by atoms with Gasteiger partial charge >= 0.3 is 0 Å². The number of nitrogens with two attached hydrogens (primary N) is 1. The van der Waals surface area contributed by atoms with Gasteiger partial charge in [0.05, 0.1) is 6.04 Å². The smallest absolute Gasteiger partial charge is 0.223 e. The summed E-state index contributed by atoms with van der Waals surface area (Å²) >= 11 is 0. The summed E-state index contributed by atoms with van der Waals surface area (Å²) < 4.78 is 4.99. The molecular weight excluding hydrogens is 240 g/mol. The van der Waals surface area contributed by atoms with Crippen molar-refractivity contribution in [1.82, 2.24) is 4.90 Å². The number of methoxy groups -OCH3 is 1. The van der Waals surface area contributed by atoms with Crippen molar-refractivity contribution in [1.29, 1.82) is 0 Å². The minimum Gasteiger partial charge on any atom is -0.385 e. The summed E-state index contributed by atoms with van der Waals surface area (Å²) in [5.74, 6) is 0.182. The van der Waals surface area contributed by atoms with Crippen LogP contribution in [0.15, 0.2) is 24.3 Å². The number of hydrogen-bond acceptors (Lipinski definition) is 3. The van der Waals surface area contributed by atoms with Crippen molar-refractivity contribution in [3.8, 4) is 0 Å². The fraction of sp³-hybridized carbons (Fsp3) is 0.533. The molecule has 104 valence electrons. The highest BCUT2D eigenvalue weighted by Gasteiger charge is 2.28. The van der Waals surface area contributed by atoms with Crippen molar-refractivity contribution in [2.24, 2.45) is 5.73 Å². The third-order valence-corrected chi connectivity index (χ3v) is 3.70. The number of amides is 1. The number of carbonyl (C=O) groups is 1. The van der Waals surface area contributed by atoms with Gasteiger partial charge in [-0.3, -0.25) is 4.79 Å². The van der Waals surface area contributed by atoms with Crippen LogP contribution in [0.3, 0.4) is 0 Å². The number of nitrogens with zero attached hydrogens (tertiary/aromatic N) is 1. The van der Waals surface area contributed by atoms with E-state index in [9.17, 15) is 4.79 Å². The quantitative estimate of drug-likeness (QED) is 0.818. The molecule has 4 nitrogen and oxygen atoms in total. The molecule has 0 fully saturated rings. The second-order valence-corrected chi connectivity index (χ2v) is 4.88. The molecule has 1 unspecified atom stereocenters. The highest BCUT2D eigenvalue weighted by molar-refractivity contribution is 5.77. The Labute approximate surface area is 114 Å². The second-order valence-electron chi connectivity index (χ2n) is 4.88. The third-order valence-electron chi connectivity index (χ3n) is 3.70. The van der Waals surface area contributed by atoms with E-state index in [1.165, 1.54) is 11.1 Å². The molecule has 0 bridgehead atoms. The maximum absolute atomic E-state index is 12.3. The first-order chi connectivity index (χ1) is 9.27. The van der Waals surface area contributed by atoms with E-state index >= 15 is 0 Å². The van der Waals surface area contributed by atoms with Crippen molar-refractivity contribution in [2.45, 2.75) is 25.3 Å². The Kier molecular flexibility index (Phi) is 4.93. The summed E-state index contributed by atoms with van der Waals surface area (Å²) in [6.07, 6.45) is 2.22. The van der Waals surface area contributed by atoms with Crippen LogP contribution in [0.1, 0.15) is 30.0 Å². The van der Waals surface area contributed by atoms with Gasteiger partial charge in [-0.05, 0) is 24.0 Å². The fourth-order valence-corrected chi connectivity index (χ4v) is 2.72. The van der Waals surface area contributed by atoms with Gasteiger partial charge in [-0.15, -0.1) is 0 Å². The predicted octanol–water partition coefficient (Wildman–Crippen LogP) is 1.50. The van der Waals surface area contributed by atoms with Crippen molar-refractivity contribution in [2.75, 3.05) is 26.8 Å². The lowest BCUT2D eigenvalue weighted by atomic mass is 9.92. The van der Waals surface area contributed by atoms with Gasteiger partial charge in [-0.25, -0.2) is 0 Å². The van der Waals surface area contributed by atoms with Crippen molar-refractivity contribution in [3.05, 3.63) is 35.4 Å². The van der Waals surface area contributed by atoms with E-state index in [0.29, 0.717) is 19.6 Å². The van der Waals surface area contributed by atoms with Gasteiger partial charge in [0.25, 0.3) is 0 Å². The average molecular weight is 262 g/mol. The van der Waals surface area contributed by atoms with E-state index in [4.69, 9.17) is 10.5 Å². The molecule has 2 N–H and O–H groups in total. The van der Waals surface area contributed by atoms with Crippen LogP contribution in [0, 0.1) is 0 Å².